The van der Waals surface area contributed by atoms with Crippen LogP contribution in [0.15, 0.2) is 18.2 Å². The van der Waals surface area contributed by atoms with Gasteiger partial charge >= 0.3 is 0 Å². The number of hydrogen-bond donors (Lipinski definition) is 0. The molecule has 3 fully saturated rings. The fourth-order valence-electron chi connectivity index (χ4n) is 5.26. The van der Waals surface area contributed by atoms with Gasteiger partial charge in [0.1, 0.15) is 0 Å². The summed E-state index contributed by atoms with van der Waals surface area (Å²) < 4.78 is 11.1. The largest absolute Gasteiger partial charge is 0.493 e. The molecular formula is C21H32N2O2. The summed E-state index contributed by atoms with van der Waals surface area (Å²) in [5, 5.41) is 0. The third-order valence-corrected chi connectivity index (χ3v) is 6.51. The van der Waals surface area contributed by atoms with E-state index in [0.717, 1.165) is 35.9 Å². The molecule has 4 heteroatoms. The van der Waals surface area contributed by atoms with Gasteiger partial charge in [0.15, 0.2) is 11.5 Å². The van der Waals surface area contributed by atoms with Gasteiger partial charge in [0.25, 0.3) is 0 Å². The Labute approximate surface area is 152 Å². The molecule has 0 unspecified atom stereocenters. The van der Waals surface area contributed by atoms with Crippen LogP contribution >= 0.6 is 0 Å². The highest BCUT2D eigenvalue weighted by Crippen LogP contribution is 2.46. The smallest absolute Gasteiger partial charge is 0.161 e. The highest BCUT2D eigenvalue weighted by atomic mass is 16.5. The second-order valence-electron chi connectivity index (χ2n) is 7.97. The molecule has 138 valence electrons. The molecule has 1 saturated heterocycles. The van der Waals surface area contributed by atoms with E-state index >= 15 is 0 Å². The zero-order chi connectivity index (χ0) is 17.2. The van der Waals surface area contributed by atoms with Crippen LogP contribution in [0.4, 0.5) is 0 Å². The Hall–Kier alpha value is -1.26. The average molecular weight is 344 g/mol. The molecule has 0 radical (unpaired) electrons. The van der Waals surface area contributed by atoms with Crippen LogP contribution in [0.3, 0.4) is 0 Å². The van der Waals surface area contributed by atoms with Crippen molar-refractivity contribution in [2.75, 3.05) is 39.9 Å². The predicted molar refractivity (Wildman–Crippen MR) is 100 cm³/mol. The molecule has 4 nitrogen and oxygen atoms in total. The number of methoxy groups -OCH3 is 1. The van der Waals surface area contributed by atoms with Crippen molar-refractivity contribution in [2.24, 2.45) is 11.8 Å². The molecule has 1 aromatic rings. The van der Waals surface area contributed by atoms with E-state index in [2.05, 4.69) is 21.9 Å². The van der Waals surface area contributed by atoms with E-state index in [0.29, 0.717) is 6.61 Å². The Morgan fingerprint density at radius 3 is 2.52 bits per heavy atom. The van der Waals surface area contributed by atoms with Crippen LogP contribution in [0.5, 0.6) is 11.5 Å². The highest BCUT2D eigenvalue weighted by molar-refractivity contribution is 5.43. The Kier molecular flexibility index (Phi) is 5.18. The summed E-state index contributed by atoms with van der Waals surface area (Å²) in [6, 6.07) is 7.24. The number of benzene rings is 1. The number of nitrogens with zero attached hydrogens (tertiary/aromatic N) is 2. The summed E-state index contributed by atoms with van der Waals surface area (Å²) in [6.45, 7) is 8.54. The molecule has 3 atom stereocenters. The maximum Gasteiger partial charge on any atom is 0.161 e. The van der Waals surface area contributed by atoms with Crippen LogP contribution in [0.25, 0.3) is 0 Å². The molecule has 0 amide bonds. The molecule has 1 aromatic carbocycles. The lowest BCUT2D eigenvalue weighted by molar-refractivity contribution is 0.0679. The van der Waals surface area contributed by atoms with Crippen LogP contribution in [0.1, 0.15) is 38.2 Å². The lowest BCUT2D eigenvalue weighted by Crippen LogP contribution is -2.51. The first-order valence-corrected chi connectivity index (χ1v) is 10.0. The van der Waals surface area contributed by atoms with Crippen molar-refractivity contribution < 1.29 is 9.47 Å². The molecule has 4 rings (SSSR count). The summed E-state index contributed by atoms with van der Waals surface area (Å²) in [4.78, 5) is 5.38. The van der Waals surface area contributed by atoms with Gasteiger partial charge in [-0.25, -0.2) is 0 Å². The van der Waals surface area contributed by atoms with Crippen LogP contribution in [0, 0.1) is 11.8 Å². The van der Waals surface area contributed by atoms with Gasteiger partial charge in [-0.1, -0.05) is 12.5 Å². The molecular weight excluding hydrogens is 312 g/mol. The minimum absolute atomic E-state index is 0.669. The fourth-order valence-corrected chi connectivity index (χ4v) is 5.26. The number of ether oxygens (including phenoxy) is 2. The number of hydrogen-bond acceptors (Lipinski definition) is 4. The summed E-state index contributed by atoms with van der Waals surface area (Å²) in [5.74, 6) is 3.74. The maximum atomic E-state index is 5.72. The minimum Gasteiger partial charge on any atom is -0.493 e. The third-order valence-electron chi connectivity index (χ3n) is 6.51. The minimum atomic E-state index is 0.669. The normalized spacial score (nSPS) is 29.9. The molecule has 0 N–H and O–H groups in total. The van der Waals surface area contributed by atoms with E-state index in [9.17, 15) is 0 Å². The molecule has 25 heavy (non-hydrogen) atoms. The van der Waals surface area contributed by atoms with Gasteiger partial charge in [0.05, 0.1) is 13.7 Å². The van der Waals surface area contributed by atoms with E-state index in [1.807, 2.05) is 13.0 Å². The zero-order valence-electron chi connectivity index (χ0n) is 15.7. The van der Waals surface area contributed by atoms with Gasteiger partial charge < -0.3 is 9.47 Å². The standard InChI is InChI=1S/C21H32N2O2/c1-3-25-21-14-17(5-7-20(21)24-2)15-22-8-10-23(11-9-22)19-13-16-4-6-18(19)12-16/h5,7,14,16,18-19H,3-4,6,8-13,15H2,1-2H3/t16-,18-,19-/m0/s1. The van der Waals surface area contributed by atoms with Crippen molar-refractivity contribution in [3.8, 4) is 11.5 Å². The molecule has 1 heterocycles. The van der Waals surface area contributed by atoms with Gasteiger partial charge in [-0.05, 0) is 55.7 Å². The SMILES string of the molecule is CCOc1cc(CN2CCN([C@H]3C[C@H]4CC[C@H]3C4)CC2)ccc1OC. The van der Waals surface area contributed by atoms with Crippen molar-refractivity contribution in [1.82, 2.24) is 9.80 Å². The topological polar surface area (TPSA) is 24.9 Å². The maximum absolute atomic E-state index is 5.72. The van der Waals surface area contributed by atoms with E-state index in [-0.39, 0.29) is 0 Å². The molecule has 1 aliphatic heterocycles. The second kappa shape index (κ2) is 7.55. The summed E-state index contributed by atoms with van der Waals surface area (Å²) in [5.41, 5.74) is 1.32. The molecule has 0 spiro atoms. The van der Waals surface area contributed by atoms with Crippen molar-refractivity contribution in [3.05, 3.63) is 23.8 Å². The first-order chi connectivity index (χ1) is 12.3. The summed E-state index contributed by atoms with van der Waals surface area (Å²) in [7, 11) is 1.70. The van der Waals surface area contributed by atoms with Crippen LogP contribution in [-0.4, -0.2) is 55.7 Å². The predicted octanol–water partition coefficient (Wildman–Crippen LogP) is 3.40. The quantitative estimate of drug-likeness (QED) is 0.790. The van der Waals surface area contributed by atoms with Gasteiger partial charge in [0, 0.05) is 38.8 Å². The van der Waals surface area contributed by atoms with Gasteiger partial charge in [-0.15, -0.1) is 0 Å². The van der Waals surface area contributed by atoms with Crippen LogP contribution in [0.2, 0.25) is 0 Å². The third kappa shape index (κ3) is 3.65. The highest BCUT2D eigenvalue weighted by Gasteiger charge is 2.42. The first kappa shape index (κ1) is 17.2. The Morgan fingerprint density at radius 2 is 1.88 bits per heavy atom. The number of fused-ring (bicyclic) bond motifs is 2. The van der Waals surface area contributed by atoms with E-state index in [1.54, 1.807) is 7.11 Å². The van der Waals surface area contributed by atoms with E-state index in [4.69, 9.17) is 9.47 Å². The Morgan fingerprint density at radius 1 is 1.04 bits per heavy atom. The molecule has 2 bridgehead atoms. The average Bonchev–Trinajstić information content (AvgIpc) is 3.26. The summed E-state index contributed by atoms with van der Waals surface area (Å²) in [6.07, 6.45) is 5.97. The van der Waals surface area contributed by atoms with E-state index < -0.39 is 0 Å². The first-order valence-electron chi connectivity index (χ1n) is 10.0. The Balaban J connectivity index is 1.32. The lowest BCUT2D eigenvalue weighted by atomic mass is 9.93. The van der Waals surface area contributed by atoms with E-state index in [1.165, 1.54) is 57.4 Å². The van der Waals surface area contributed by atoms with Crippen molar-refractivity contribution in [1.29, 1.82) is 0 Å². The van der Waals surface area contributed by atoms with Gasteiger partial charge in [-0.2, -0.15) is 0 Å². The molecule has 3 aliphatic rings. The van der Waals surface area contributed by atoms with Crippen molar-refractivity contribution in [3.63, 3.8) is 0 Å². The summed E-state index contributed by atoms with van der Waals surface area (Å²) >= 11 is 0. The van der Waals surface area contributed by atoms with Gasteiger partial charge in [0.2, 0.25) is 0 Å². The van der Waals surface area contributed by atoms with Gasteiger partial charge in [-0.3, -0.25) is 9.80 Å². The fraction of sp³-hybridized carbons (Fsp3) is 0.714. The van der Waals surface area contributed by atoms with Crippen molar-refractivity contribution in [2.45, 2.75) is 45.2 Å². The van der Waals surface area contributed by atoms with Crippen LogP contribution in [-0.2, 0) is 6.54 Å². The zero-order valence-corrected chi connectivity index (χ0v) is 15.7. The number of rotatable bonds is 6. The molecule has 2 aliphatic carbocycles. The lowest BCUT2D eigenvalue weighted by Gasteiger charge is -2.41. The molecule has 0 aromatic heterocycles. The van der Waals surface area contributed by atoms with Crippen LogP contribution < -0.4 is 9.47 Å². The monoisotopic (exact) mass is 344 g/mol. The number of piperazine rings is 1. The molecule has 2 saturated carbocycles. The van der Waals surface area contributed by atoms with Crippen molar-refractivity contribution >= 4 is 0 Å². The Bertz CT molecular complexity index is 583. The second-order valence-corrected chi connectivity index (χ2v) is 7.97.